The Morgan fingerprint density at radius 2 is 2.16 bits per heavy atom. The van der Waals surface area contributed by atoms with Gasteiger partial charge in [0.1, 0.15) is 10.4 Å². The number of nitrogens with zero attached hydrogens (tertiary/aromatic N) is 3. The molecule has 1 fully saturated rings. The summed E-state index contributed by atoms with van der Waals surface area (Å²) in [5.41, 5.74) is 1.78. The lowest BCUT2D eigenvalue weighted by Gasteiger charge is -2.09. The average Bonchev–Trinajstić information content (AvgIpc) is 3.08. The minimum atomic E-state index is 0.0446. The van der Waals surface area contributed by atoms with E-state index in [4.69, 9.17) is 0 Å². The van der Waals surface area contributed by atoms with Gasteiger partial charge in [-0.15, -0.1) is 0 Å². The Kier molecular flexibility index (Phi) is 3.09. The summed E-state index contributed by atoms with van der Waals surface area (Å²) in [4.78, 5) is 16.3. The van der Waals surface area contributed by atoms with Gasteiger partial charge in [0, 0.05) is 37.1 Å². The van der Waals surface area contributed by atoms with Crippen molar-refractivity contribution in [1.82, 2.24) is 14.1 Å². The van der Waals surface area contributed by atoms with Crippen LogP contribution in [-0.4, -0.2) is 14.1 Å². The number of imidazole rings is 1. The Balaban J connectivity index is 2.07. The third kappa shape index (κ3) is 2.52. The molecule has 0 aromatic carbocycles. The van der Waals surface area contributed by atoms with Crippen LogP contribution in [0.3, 0.4) is 0 Å². The first-order valence-electron chi connectivity index (χ1n) is 6.45. The smallest absolute Gasteiger partial charge is 0.253 e. The lowest BCUT2D eigenvalue weighted by molar-refractivity contribution is 0.631. The van der Waals surface area contributed by atoms with Crippen molar-refractivity contribution in [3.05, 3.63) is 39.0 Å². The van der Waals surface area contributed by atoms with E-state index in [0.717, 1.165) is 34.0 Å². The summed E-state index contributed by atoms with van der Waals surface area (Å²) in [6.45, 7) is 2.85. The standard InChI is InChI=1S/C14H16BrN3O/c1-9-5-11(7-17(2)14(9)19)13-16-12(15)8-18(13)6-10-3-4-10/h5,7-8,10H,3-4,6H2,1-2H3. The molecule has 1 aliphatic rings. The zero-order valence-electron chi connectivity index (χ0n) is 11.1. The lowest BCUT2D eigenvalue weighted by Crippen LogP contribution is -2.18. The number of aryl methyl sites for hydroxylation is 2. The highest BCUT2D eigenvalue weighted by molar-refractivity contribution is 9.10. The van der Waals surface area contributed by atoms with E-state index in [1.54, 1.807) is 11.6 Å². The van der Waals surface area contributed by atoms with Gasteiger partial charge in [-0.05, 0) is 47.7 Å². The fourth-order valence-corrected chi connectivity index (χ4v) is 2.75. The van der Waals surface area contributed by atoms with Crippen LogP contribution in [0.4, 0.5) is 0 Å². The Morgan fingerprint density at radius 1 is 1.42 bits per heavy atom. The van der Waals surface area contributed by atoms with Crippen molar-refractivity contribution in [3.8, 4) is 11.4 Å². The first-order chi connectivity index (χ1) is 9.04. The zero-order chi connectivity index (χ0) is 13.6. The molecule has 0 spiro atoms. The fourth-order valence-electron chi connectivity index (χ4n) is 2.33. The highest BCUT2D eigenvalue weighted by Gasteiger charge is 2.23. The highest BCUT2D eigenvalue weighted by Crippen LogP contribution is 2.33. The molecule has 4 nitrogen and oxygen atoms in total. The predicted molar refractivity (Wildman–Crippen MR) is 78.1 cm³/mol. The van der Waals surface area contributed by atoms with Gasteiger partial charge in [0.2, 0.25) is 0 Å². The second kappa shape index (κ2) is 4.63. The number of hydrogen-bond acceptors (Lipinski definition) is 2. The van der Waals surface area contributed by atoms with Gasteiger partial charge in [0.05, 0.1) is 0 Å². The largest absolute Gasteiger partial charge is 0.329 e. The van der Waals surface area contributed by atoms with Gasteiger partial charge in [-0.1, -0.05) is 0 Å². The van der Waals surface area contributed by atoms with Crippen LogP contribution in [0.25, 0.3) is 11.4 Å². The second-order valence-corrected chi connectivity index (χ2v) is 6.12. The van der Waals surface area contributed by atoms with Crippen molar-refractivity contribution < 1.29 is 0 Å². The van der Waals surface area contributed by atoms with Crippen LogP contribution >= 0.6 is 15.9 Å². The van der Waals surface area contributed by atoms with Crippen molar-refractivity contribution in [2.75, 3.05) is 0 Å². The second-order valence-electron chi connectivity index (χ2n) is 5.31. The fraction of sp³-hybridized carbons (Fsp3) is 0.429. The molecule has 0 aliphatic heterocycles. The third-order valence-corrected chi connectivity index (χ3v) is 3.90. The van der Waals surface area contributed by atoms with Gasteiger partial charge < -0.3 is 9.13 Å². The van der Waals surface area contributed by atoms with E-state index in [0.29, 0.717) is 0 Å². The molecular formula is C14H16BrN3O. The maximum atomic E-state index is 11.8. The van der Waals surface area contributed by atoms with Gasteiger partial charge in [-0.25, -0.2) is 4.98 Å². The summed E-state index contributed by atoms with van der Waals surface area (Å²) >= 11 is 3.44. The molecular weight excluding hydrogens is 306 g/mol. The molecule has 0 radical (unpaired) electrons. The monoisotopic (exact) mass is 321 g/mol. The van der Waals surface area contributed by atoms with Crippen LogP contribution in [0.15, 0.2) is 27.9 Å². The van der Waals surface area contributed by atoms with Crippen LogP contribution in [0.1, 0.15) is 18.4 Å². The molecule has 0 unspecified atom stereocenters. The van der Waals surface area contributed by atoms with Crippen molar-refractivity contribution in [3.63, 3.8) is 0 Å². The molecule has 0 N–H and O–H groups in total. The van der Waals surface area contributed by atoms with E-state index in [9.17, 15) is 4.79 Å². The predicted octanol–water partition coefficient (Wildman–Crippen LogP) is 2.73. The molecule has 19 heavy (non-hydrogen) atoms. The van der Waals surface area contributed by atoms with Crippen LogP contribution in [0.5, 0.6) is 0 Å². The van der Waals surface area contributed by atoms with E-state index in [-0.39, 0.29) is 5.56 Å². The highest BCUT2D eigenvalue weighted by atomic mass is 79.9. The summed E-state index contributed by atoms with van der Waals surface area (Å²) in [6.07, 6.45) is 6.49. The summed E-state index contributed by atoms with van der Waals surface area (Å²) in [5, 5.41) is 0. The van der Waals surface area contributed by atoms with E-state index in [1.165, 1.54) is 12.8 Å². The van der Waals surface area contributed by atoms with Crippen molar-refractivity contribution in [2.24, 2.45) is 13.0 Å². The third-order valence-electron chi connectivity index (χ3n) is 3.52. The molecule has 0 atom stereocenters. The van der Waals surface area contributed by atoms with E-state index in [2.05, 4.69) is 25.5 Å². The lowest BCUT2D eigenvalue weighted by atomic mass is 10.2. The Bertz CT molecular complexity index is 656. The minimum Gasteiger partial charge on any atom is -0.329 e. The maximum absolute atomic E-state index is 11.8. The Labute approximate surface area is 120 Å². The Hall–Kier alpha value is -1.36. The summed E-state index contributed by atoms with van der Waals surface area (Å²) in [5.74, 6) is 1.71. The number of rotatable bonds is 3. The maximum Gasteiger partial charge on any atom is 0.253 e. The number of hydrogen-bond donors (Lipinski definition) is 0. The van der Waals surface area contributed by atoms with Crippen LogP contribution in [0, 0.1) is 12.8 Å². The van der Waals surface area contributed by atoms with Crippen molar-refractivity contribution >= 4 is 15.9 Å². The zero-order valence-corrected chi connectivity index (χ0v) is 12.6. The molecule has 0 saturated heterocycles. The molecule has 0 bridgehead atoms. The molecule has 100 valence electrons. The molecule has 2 heterocycles. The average molecular weight is 322 g/mol. The quantitative estimate of drug-likeness (QED) is 0.872. The first kappa shape index (κ1) is 12.7. The summed E-state index contributed by atoms with van der Waals surface area (Å²) in [6, 6.07) is 1.92. The molecule has 1 saturated carbocycles. The topological polar surface area (TPSA) is 39.8 Å². The van der Waals surface area contributed by atoms with Crippen LogP contribution < -0.4 is 5.56 Å². The van der Waals surface area contributed by atoms with Gasteiger partial charge >= 0.3 is 0 Å². The van der Waals surface area contributed by atoms with E-state index < -0.39 is 0 Å². The number of pyridine rings is 1. The molecule has 2 aromatic rings. The SMILES string of the molecule is Cc1cc(-c2nc(Br)cn2CC2CC2)cn(C)c1=O. The molecule has 3 rings (SSSR count). The molecule has 0 amide bonds. The van der Waals surface area contributed by atoms with Gasteiger partial charge in [-0.3, -0.25) is 4.79 Å². The number of halogens is 1. The van der Waals surface area contributed by atoms with Gasteiger partial charge in [0.15, 0.2) is 0 Å². The molecule has 2 aromatic heterocycles. The van der Waals surface area contributed by atoms with Gasteiger partial charge in [0.25, 0.3) is 5.56 Å². The van der Waals surface area contributed by atoms with Crippen molar-refractivity contribution in [1.29, 1.82) is 0 Å². The van der Waals surface area contributed by atoms with Crippen LogP contribution in [-0.2, 0) is 13.6 Å². The Morgan fingerprint density at radius 3 is 2.79 bits per heavy atom. The normalized spacial score (nSPS) is 14.9. The first-order valence-corrected chi connectivity index (χ1v) is 7.24. The van der Waals surface area contributed by atoms with Crippen LogP contribution in [0.2, 0.25) is 0 Å². The van der Waals surface area contributed by atoms with E-state index >= 15 is 0 Å². The van der Waals surface area contributed by atoms with E-state index in [1.807, 2.05) is 25.4 Å². The molecule has 5 heteroatoms. The molecule has 1 aliphatic carbocycles. The summed E-state index contributed by atoms with van der Waals surface area (Å²) in [7, 11) is 1.78. The summed E-state index contributed by atoms with van der Waals surface area (Å²) < 4.78 is 4.64. The number of aromatic nitrogens is 3. The minimum absolute atomic E-state index is 0.0446. The van der Waals surface area contributed by atoms with Crippen molar-refractivity contribution in [2.45, 2.75) is 26.3 Å². The van der Waals surface area contributed by atoms with Gasteiger partial charge in [-0.2, -0.15) is 0 Å².